The highest BCUT2D eigenvalue weighted by Crippen LogP contribution is 2.30. The number of ether oxygens (including phenoxy) is 1. The number of fused-ring (bicyclic) bond motifs is 1. The number of alkyl halides is 2. The van der Waals surface area contributed by atoms with Gasteiger partial charge in [-0.15, -0.1) is 0 Å². The molecule has 30 heavy (non-hydrogen) atoms. The number of benzene rings is 1. The number of nitriles is 1. The smallest absolute Gasteiger partial charge is 0.387 e. The van der Waals surface area contributed by atoms with Gasteiger partial charge in [-0.1, -0.05) is 11.2 Å². The van der Waals surface area contributed by atoms with Crippen molar-refractivity contribution >= 4 is 34.1 Å². The first-order valence-corrected chi connectivity index (χ1v) is 10.9. The number of rotatable bonds is 8. The van der Waals surface area contributed by atoms with Crippen molar-refractivity contribution in [3.05, 3.63) is 41.6 Å². The highest BCUT2D eigenvalue weighted by Gasteiger charge is 2.23. The van der Waals surface area contributed by atoms with Gasteiger partial charge in [0, 0.05) is 23.4 Å². The molecule has 2 N–H and O–H groups in total. The predicted octanol–water partition coefficient (Wildman–Crippen LogP) is 3.40. The third-order valence-corrected chi connectivity index (χ3v) is 5.15. The quantitative estimate of drug-likeness (QED) is 0.525. The van der Waals surface area contributed by atoms with Crippen LogP contribution in [-0.2, 0) is 16.9 Å². The lowest BCUT2D eigenvalue weighted by atomic mass is 10.2. The number of nitrogens with one attached hydrogen (secondary N) is 2. The summed E-state index contributed by atoms with van der Waals surface area (Å²) in [5.41, 5.74) is 1.68. The van der Waals surface area contributed by atoms with Crippen LogP contribution in [0.2, 0.25) is 0 Å². The first-order chi connectivity index (χ1) is 14.4. The first kappa shape index (κ1) is 20.2. The van der Waals surface area contributed by atoms with Crippen LogP contribution in [0.3, 0.4) is 0 Å². The molecule has 8 nitrogen and oxygen atoms in total. The average Bonchev–Trinajstić information content (AvgIpc) is 3.39. The molecule has 11 heteroatoms. The minimum absolute atomic E-state index is 0.0205. The lowest BCUT2D eigenvalue weighted by Gasteiger charge is -2.15. The molecule has 0 bridgehead atoms. The Kier molecular flexibility index (Phi) is 5.61. The molecule has 3 aromatic rings. The maximum atomic E-state index is 12.7. The van der Waals surface area contributed by atoms with E-state index in [9.17, 15) is 18.6 Å². The molecule has 1 aliphatic rings. The summed E-state index contributed by atoms with van der Waals surface area (Å²) < 4.78 is 43.1. The van der Waals surface area contributed by atoms with Crippen molar-refractivity contribution in [2.24, 2.45) is 0 Å². The van der Waals surface area contributed by atoms with E-state index in [0.717, 1.165) is 12.8 Å². The van der Waals surface area contributed by atoms with Gasteiger partial charge in [0.15, 0.2) is 5.65 Å². The van der Waals surface area contributed by atoms with Crippen molar-refractivity contribution in [3.8, 4) is 11.8 Å². The summed E-state index contributed by atoms with van der Waals surface area (Å²) in [5.74, 6) is 1.19. The first-order valence-electron chi connectivity index (χ1n) is 9.13. The van der Waals surface area contributed by atoms with Crippen molar-refractivity contribution < 1.29 is 18.1 Å². The number of anilines is 3. The minimum Gasteiger partial charge on any atom is -0.616 e. The van der Waals surface area contributed by atoms with Crippen LogP contribution in [0.15, 0.2) is 30.5 Å². The molecule has 1 aliphatic carbocycles. The van der Waals surface area contributed by atoms with Gasteiger partial charge in [0.05, 0.1) is 12.5 Å². The Morgan fingerprint density at radius 1 is 1.40 bits per heavy atom. The zero-order chi connectivity index (χ0) is 21.3. The third-order valence-electron chi connectivity index (χ3n) is 4.43. The molecule has 1 aromatic carbocycles. The summed E-state index contributed by atoms with van der Waals surface area (Å²) >= 11 is -1.24. The zero-order valence-corrected chi connectivity index (χ0v) is 16.7. The van der Waals surface area contributed by atoms with E-state index in [0.29, 0.717) is 40.1 Å². The van der Waals surface area contributed by atoms with E-state index in [-0.39, 0.29) is 11.5 Å². The molecule has 0 amide bonds. The lowest BCUT2D eigenvalue weighted by molar-refractivity contribution is -0.0503. The zero-order valence-electron chi connectivity index (χ0n) is 15.9. The van der Waals surface area contributed by atoms with Crippen LogP contribution in [0.4, 0.5) is 26.1 Å². The van der Waals surface area contributed by atoms with Gasteiger partial charge in [0.2, 0.25) is 0 Å². The van der Waals surface area contributed by atoms with Gasteiger partial charge in [-0.25, -0.2) is 4.98 Å². The van der Waals surface area contributed by atoms with Crippen molar-refractivity contribution in [2.45, 2.75) is 31.2 Å². The monoisotopic (exact) mass is 432 g/mol. The molecule has 2 heterocycles. The number of aromatic nitrogens is 3. The summed E-state index contributed by atoms with van der Waals surface area (Å²) in [4.78, 5) is 4.47. The van der Waals surface area contributed by atoms with E-state index in [4.69, 9.17) is 0 Å². The van der Waals surface area contributed by atoms with E-state index in [1.165, 1.54) is 18.5 Å². The fourth-order valence-electron chi connectivity index (χ4n) is 2.99. The molecule has 2 aromatic heterocycles. The van der Waals surface area contributed by atoms with E-state index in [1.807, 2.05) is 0 Å². The van der Waals surface area contributed by atoms with Crippen LogP contribution < -0.4 is 15.4 Å². The van der Waals surface area contributed by atoms with Gasteiger partial charge in [-0.05, 0) is 31.0 Å². The van der Waals surface area contributed by atoms with Gasteiger partial charge < -0.3 is 19.9 Å². The highest BCUT2D eigenvalue weighted by molar-refractivity contribution is 7.89. The summed E-state index contributed by atoms with van der Waals surface area (Å²) in [6.45, 7) is -2.97. The third kappa shape index (κ3) is 4.55. The number of halogens is 2. The SMILES string of the molecule is C[S+]([O-])Cc1cc(Nc2cc(NC3CC3)n3ncc(C#N)c3n2)ccc1OC(F)F. The largest absolute Gasteiger partial charge is 0.616 e. The topological polar surface area (TPSA) is 110 Å². The average molecular weight is 432 g/mol. The lowest BCUT2D eigenvalue weighted by Crippen LogP contribution is -2.10. The molecule has 1 unspecified atom stereocenters. The molecule has 1 atom stereocenters. The predicted molar refractivity (Wildman–Crippen MR) is 108 cm³/mol. The fourth-order valence-corrected chi connectivity index (χ4v) is 3.66. The molecular weight excluding hydrogens is 414 g/mol. The molecule has 0 aliphatic heterocycles. The molecule has 1 fully saturated rings. The van der Waals surface area contributed by atoms with E-state index < -0.39 is 17.8 Å². The van der Waals surface area contributed by atoms with Crippen LogP contribution in [-0.4, -0.2) is 38.1 Å². The van der Waals surface area contributed by atoms with Crippen LogP contribution >= 0.6 is 0 Å². The molecule has 4 rings (SSSR count). The number of hydrogen-bond donors (Lipinski definition) is 2. The normalized spacial score (nSPS) is 14.5. The van der Waals surface area contributed by atoms with Gasteiger partial charge in [0.1, 0.15) is 34.8 Å². The van der Waals surface area contributed by atoms with E-state index >= 15 is 0 Å². The van der Waals surface area contributed by atoms with Gasteiger partial charge >= 0.3 is 6.61 Å². The number of nitrogens with zero attached hydrogens (tertiary/aromatic N) is 4. The molecule has 0 saturated heterocycles. The van der Waals surface area contributed by atoms with E-state index in [1.54, 1.807) is 22.7 Å². The minimum atomic E-state index is -2.97. The van der Waals surface area contributed by atoms with Crippen molar-refractivity contribution in [2.75, 3.05) is 16.9 Å². The summed E-state index contributed by atoms with van der Waals surface area (Å²) in [5, 5.41) is 20.0. The molecule has 156 valence electrons. The molecule has 0 radical (unpaired) electrons. The van der Waals surface area contributed by atoms with Crippen LogP contribution in [0.25, 0.3) is 5.65 Å². The summed E-state index contributed by atoms with van der Waals surface area (Å²) in [7, 11) is 0. The standard InChI is InChI=1S/C19H18F2N6O2S/c1-30(28)10-11-6-14(4-5-15(11)29-19(20)21)24-16-7-17(25-13-2-3-13)27-18(26-16)12(8-22)9-23-27/h4-7,9,13,19,25H,2-3,10H2,1H3,(H,24,26). The maximum absolute atomic E-state index is 12.7. The maximum Gasteiger partial charge on any atom is 0.387 e. The Labute approximate surface area is 174 Å². The second-order valence-corrected chi connectivity index (χ2v) is 8.33. The van der Waals surface area contributed by atoms with Crippen LogP contribution in [0.5, 0.6) is 5.75 Å². The van der Waals surface area contributed by atoms with E-state index in [2.05, 4.69) is 31.5 Å². The number of hydrogen-bond acceptors (Lipinski definition) is 7. The Morgan fingerprint density at radius 2 is 2.20 bits per heavy atom. The molecule has 1 saturated carbocycles. The highest BCUT2D eigenvalue weighted by atomic mass is 32.2. The Bertz CT molecular complexity index is 1110. The van der Waals surface area contributed by atoms with Gasteiger partial charge in [-0.2, -0.15) is 23.7 Å². The second-order valence-electron chi connectivity index (χ2n) is 6.89. The van der Waals surface area contributed by atoms with Crippen LogP contribution in [0, 0.1) is 11.3 Å². The summed E-state index contributed by atoms with van der Waals surface area (Å²) in [6, 6.07) is 8.76. The second kappa shape index (κ2) is 8.33. The van der Waals surface area contributed by atoms with Crippen LogP contribution in [0.1, 0.15) is 24.0 Å². The van der Waals surface area contributed by atoms with Gasteiger partial charge in [0.25, 0.3) is 0 Å². The molecule has 0 spiro atoms. The Morgan fingerprint density at radius 3 is 2.87 bits per heavy atom. The Balaban J connectivity index is 1.68. The summed E-state index contributed by atoms with van der Waals surface area (Å²) in [6.07, 6.45) is 5.06. The van der Waals surface area contributed by atoms with Crippen molar-refractivity contribution in [1.82, 2.24) is 14.6 Å². The van der Waals surface area contributed by atoms with Crippen molar-refractivity contribution in [3.63, 3.8) is 0 Å². The Hall–Kier alpha value is -3.10. The van der Waals surface area contributed by atoms with Crippen molar-refractivity contribution in [1.29, 1.82) is 5.26 Å². The fraction of sp³-hybridized carbons (Fsp3) is 0.316. The van der Waals surface area contributed by atoms with Gasteiger partial charge in [-0.3, -0.25) is 0 Å². The molecular formula is C19H18F2N6O2S.